The molecule has 2 rings (SSSR count). The lowest BCUT2D eigenvalue weighted by atomic mass is 10.1. The van der Waals surface area contributed by atoms with E-state index in [9.17, 15) is 4.79 Å². The van der Waals surface area contributed by atoms with Gasteiger partial charge in [0.15, 0.2) is 10.6 Å². The van der Waals surface area contributed by atoms with Crippen LogP contribution >= 0.6 is 12.2 Å². The molecule has 0 aliphatic carbocycles. The highest BCUT2D eigenvalue weighted by Gasteiger charge is 2.10. The van der Waals surface area contributed by atoms with Gasteiger partial charge >= 0.3 is 0 Å². The number of benzene rings is 1. The van der Waals surface area contributed by atoms with Crippen molar-refractivity contribution in [3.8, 4) is 11.4 Å². The summed E-state index contributed by atoms with van der Waals surface area (Å²) in [6, 6.07) is 7.97. The molecule has 0 saturated carbocycles. The Kier molecular flexibility index (Phi) is 4.65. The topological polar surface area (TPSA) is 71.9 Å². The Labute approximate surface area is 121 Å². The number of hydrogen-bond acceptors (Lipinski definition) is 4. The monoisotopic (exact) mass is 292 g/mol. The second-order valence-electron chi connectivity index (χ2n) is 4.35. The third-order valence-electron chi connectivity index (χ3n) is 2.85. The van der Waals surface area contributed by atoms with Crippen LogP contribution in [0.25, 0.3) is 11.4 Å². The van der Waals surface area contributed by atoms with E-state index < -0.39 is 0 Å². The maximum atomic E-state index is 11.4. The largest absolute Gasteiger partial charge is 0.300 e. The van der Waals surface area contributed by atoms with Gasteiger partial charge in [-0.2, -0.15) is 5.10 Å². The highest BCUT2D eigenvalue weighted by Crippen LogP contribution is 2.18. The van der Waals surface area contributed by atoms with Gasteiger partial charge in [0.25, 0.3) is 0 Å². The van der Waals surface area contributed by atoms with E-state index in [0.29, 0.717) is 11.3 Å². The van der Waals surface area contributed by atoms with Gasteiger partial charge < -0.3 is 0 Å². The van der Waals surface area contributed by atoms with Crippen LogP contribution in [0.1, 0.15) is 12.0 Å². The molecule has 106 valence electrons. The van der Waals surface area contributed by atoms with Crippen molar-refractivity contribution in [3.63, 3.8) is 0 Å². The van der Waals surface area contributed by atoms with Gasteiger partial charge in [-0.05, 0) is 19.1 Å². The van der Waals surface area contributed by atoms with Crippen LogP contribution in [0.2, 0.25) is 0 Å². The number of nitrogens with zero attached hydrogens (tertiary/aromatic N) is 2. The molecular formula is C13H16N4O2S. The maximum Gasteiger partial charge on any atom is 0.245 e. The van der Waals surface area contributed by atoms with Crippen molar-refractivity contribution < 1.29 is 9.63 Å². The molecule has 20 heavy (non-hydrogen) atoms. The predicted molar refractivity (Wildman–Crippen MR) is 77.4 cm³/mol. The minimum atomic E-state index is -0.203. The lowest BCUT2D eigenvalue weighted by Crippen LogP contribution is -2.23. The van der Waals surface area contributed by atoms with Crippen molar-refractivity contribution >= 4 is 18.1 Å². The van der Waals surface area contributed by atoms with Crippen LogP contribution in [-0.2, 0) is 16.2 Å². The number of H-pyrrole nitrogens is 1. The Bertz CT molecular complexity index is 645. The molecular weight excluding hydrogens is 276 g/mol. The molecule has 7 heteroatoms. The first kappa shape index (κ1) is 14.4. The Balaban J connectivity index is 2.21. The zero-order valence-corrected chi connectivity index (χ0v) is 12.2. The molecule has 2 aromatic rings. The van der Waals surface area contributed by atoms with Crippen molar-refractivity contribution in [3.05, 3.63) is 34.6 Å². The van der Waals surface area contributed by atoms with Gasteiger partial charge in [-0.25, -0.2) is 5.48 Å². The van der Waals surface area contributed by atoms with Crippen LogP contribution in [-0.4, -0.2) is 27.8 Å². The highest BCUT2D eigenvalue weighted by atomic mass is 32.1. The Morgan fingerprint density at radius 3 is 2.80 bits per heavy atom. The fourth-order valence-corrected chi connectivity index (χ4v) is 2.05. The van der Waals surface area contributed by atoms with Gasteiger partial charge in [0.1, 0.15) is 0 Å². The van der Waals surface area contributed by atoms with E-state index >= 15 is 0 Å². The Morgan fingerprint density at radius 2 is 2.15 bits per heavy atom. The van der Waals surface area contributed by atoms with Crippen molar-refractivity contribution in [2.75, 3.05) is 7.11 Å². The fraction of sp³-hybridized carbons (Fsp3) is 0.308. The summed E-state index contributed by atoms with van der Waals surface area (Å²) < 4.78 is 2.29. The van der Waals surface area contributed by atoms with Gasteiger partial charge in [0.2, 0.25) is 5.91 Å². The van der Waals surface area contributed by atoms with E-state index in [-0.39, 0.29) is 12.3 Å². The number of aromatic amines is 1. The third-order valence-corrected chi connectivity index (χ3v) is 3.16. The molecule has 0 saturated heterocycles. The van der Waals surface area contributed by atoms with Crippen molar-refractivity contribution in [1.29, 1.82) is 0 Å². The highest BCUT2D eigenvalue weighted by molar-refractivity contribution is 7.71. The number of aryl methyl sites for hydroxylation is 1. The number of amides is 1. The van der Waals surface area contributed by atoms with Gasteiger partial charge in [-0.1, -0.05) is 29.8 Å². The number of carbonyl (C=O) groups excluding carboxylic acids is 1. The molecule has 0 spiro atoms. The molecule has 1 aromatic heterocycles. The Morgan fingerprint density at radius 1 is 1.45 bits per heavy atom. The number of nitrogens with one attached hydrogen (secondary N) is 2. The molecule has 0 bridgehead atoms. The summed E-state index contributed by atoms with van der Waals surface area (Å²) in [5.41, 5.74) is 4.41. The second-order valence-corrected chi connectivity index (χ2v) is 4.74. The average Bonchev–Trinajstić information content (AvgIpc) is 2.79. The SMILES string of the molecule is CONC(=O)CCn1c(-c2ccc(C)cc2)n[nH]c1=S. The minimum absolute atomic E-state index is 0.203. The third kappa shape index (κ3) is 3.31. The van der Waals surface area contributed by atoms with Crippen LogP contribution in [0.5, 0.6) is 0 Å². The lowest BCUT2D eigenvalue weighted by molar-refractivity contribution is -0.131. The van der Waals surface area contributed by atoms with Crippen LogP contribution < -0.4 is 5.48 Å². The summed E-state index contributed by atoms with van der Waals surface area (Å²) in [6.45, 7) is 2.46. The fourth-order valence-electron chi connectivity index (χ4n) is 1.83. The Hall–Kier alpha value is -1.99. The van der Waals surface area contributed by atoms with Gasteiger partial charge in [0, 0.05) is 18.5 Å². The molecule has 0 aliphatic rings. The number of carbonyl (C=O) groups is 1. The van der Waals surface area contributed by atoms with Crippen molar-refractivity contribution in [1.82, 2.24) is 20.2 Å². The summed E-state index contributed by atoms with van der Waals surface area (Å²) in [6.07, 6.45) is 0.264. The molecule has 6 nitrogen and oxygen atoms in total. The lowest BCUT2D eigenvalue weighted by Gasteiger charge is -2.07. The van der Waals surface area contributed by atoms with Crippen LogP contribution in [0, 0.1) is 11.7 Å². The molecule has 1 aromatic carbocycles. The van der Waals surface area contributed by atoms with E-state index in [1.165, 1.54) is 12.7 Å². The van der Waals surface area contributed by atoms with Crippen molar-refractivity contribution in [2.45, 2.75) is 19.9 Å². The van der Waals surface area contributed by atoms with Crippen molar-refractivity contribution in [2.24, 2.45) is 0 Å². The first-order chi connectivity index (χ1) is 9.61. The van der Waals surface area contributed by atoms with Crippen LogP contribution in [0.4, 0.5) is 0 Å². The zero-order valence-electron chi connectivity index (χ0n) is 11.3. The minimum Gasteiger partial charge on any atom is -0.300 e. The normalized spacial score (nSPS) is 10.5. The molecule has 2 N–H and O–H groups in total. The number of rotatable bonds is 5. The number of aromatic nitrogens is 3. The molecule has 0 aliphatic heterocycles. The van der Waals surface area contributed by atoms with Crippen LogP contribution in [0.15, 0.2) is 24.3 Å². The first-order valence-electron chi connectivity index (χ1n) is 6.16. The van der Waals surface area contributed by atoms with E-state index in [1.54, 1.807) is 4.57 Å². The molecule has 0 fully saturated rings. The average molecular weight is 292 g/mol. The van der Waals surface area contributed by atoms with E-state index in [1.807, 2.05) is 31.2 Å². The number of hydrogen-bond donors (Lipinski definition) is 2. The summed E-state index contributed by atoms with van der Waals surface area (Å²) in [5, 5.41) is 6.98. The van der Waals surface area contributed by atoms with E-state index in [4.69, 9.17) is 12.2 Å². The summed E-state index contributed by atoms with van der Waals surface area (Å²) in [7, 11) is 1.40. The van der Waals surface area contributed by atoms with E-state index in [2.05, 4.69) is 20.5 Å². The van der Waals surface area contributed by atoms with E-state index in [0.717, 1.165) is 11.4 Å². The molecule has 1 amide bonds. The van der Waals surface area contributed by atoms with Gasteiger partial charge in [-0.15, -0.1) is 0 Å². The zero-order chi connectivity index (χ0) is 14.5. The summed E-state index contributed by atoms with van der Waals surface area (Å²) in [4.78, 5) is 16.0. The number of hydroxylamine groups is 1. The standard InChI is InChI=1S/C13H16N4O2S/c1-9-3-5-10(6-4-9)12-14-15-13(20)17(12)8-7-11(18)16-19-2/h3-6H,7-8H2,1-2H3,(H,15,20)(H,16,18). The summed E-state index contributed by atoms with van der Waals surface area (Å²) in [5.74, 6) is 0.519. The van der Waals surface area contributed by atoms with Gasteiger partial charge in [-0.3, -0.25) is 19.3 Å². The quantitative estimate of drug-likeness (QED) is 0.653. The maximum absolute atomic E-state index is 11.4. The first-order valence-corrected chi connectivity index (χ1v) is 6.56. The smallest absolute Gasteiger partial charge is 0.245 e. The van der Waals surface area contributed by atoms with Crippen LogP contribution in [0.3, 0.4) is 0 Å². The van der Waals surface area contributed by atoms with Gasteiger partial charge in [0.05, 0.1) is 7.11 Å². The predicted octanol–water partition coefficient (Wildman–Crippen LogP) is 1.98. The summed E-state index contributed by atoms with van der Waals surface area (Å²) >= 11 is 5.20. The molecule has 0 radical (unpaired) electrons. The second kappa shape index (κ2) is 6.44. The molecule has 0 atom stereocenters. The molecule has 0 unspecified atom stereocenters. The molecule has 1 heterocycles.